The van der Waals surface area contributed by atoms with Crippen LogP contribution in [-0.2, 0) is 12.8 Å². The first-order chi connectivity index (χ1) is 8.33. The Balaban J connectivity index is 2.03. The number of unbranched alkanes of at least 4 members (excludes halogenated alkanes) is 1. The molecule has 1 aromatic carbocycles. The fourth-order valence-corrected chi connectivity index (χ4v) is 2.06. The van der Waals surface area contributed by atoms with Gasteiger partial charge in [0.05, 0.1) is 11.0 Å². The largest absolute Gasteiger partial charge is 0.342 e. The molecule has 2 rings (SSSR count). The van der Waals surface area contributed by atoms with Gasteiger partial charge in [0.25, 0.3) is 0 Å². The highest BCUT2D eigenvalue weighted by Gasteiger charge is 2.02. The molecule has 0 unspecified atom stereocenters. The van der Waals surface area contributed by atoms with Crippen LogP contribution in [0.5, 0.6) is 0 Å². The Labute approximate surface area is 103 Å². The first kappa shape index (κ1) is 12.1. The van der Waals surface area contributed by atoms with Crippen LogP contribution in [0.25, 0.3) is 11.0 Å². The van der Waals surface area contributed by atoms with Gasteiger partial charge in [0, 0.05) is 6.42 Å². The summed E-state index contributed by atoms with van der Waals surface area (Å²) in [7, 11) is 2.00. The molecular weight excluding hydrogens is 210 g/mol. The van der Waals surface area contributed by atoms with Gasteiger partial charge in [-0.2, -0.15) is 0 Å². The number of nitrogens with zero attached hydrogens (tertiary/aromatic N) is 1. The van der Waals surface area contributed by atoms with Crippen molar-refractivity contribution in [3.05, 3.63) is 29.6 Å². The van der Waals surface area contributed by atoms with E-state index in [-0.39, 0.29) is 0 Å². The van der Waals surface area contributed by atoms with Gasteiger partial charge >= 0.3 is 0 Å². The van der Waals surface area contributed by atoms with E-state index in [1.807, 2.05) is 7.05 Å². The van der Waals surface area contributed by atoms with Crippen LogP contribution in [0.2, 0.25) is 0 Å². The molecule has 1 heterocycles. The molecule has 0 aliphatic heterocycles. The third kappa shape index (κ3) is 3.07. The molecular formula is C14H21N3. The number of H-pyrrole nitrogens is 1. The van der Waals surface area contributed by atoms with Gasteiger partial charge in [-0.05, 0) is 50.6 Å². The van der Waals surface area contributed by atoms with Crippen LogP contribution in [0.15, 0.2) is 18.2 Å². The fraction of sp³-hybridized carbons (Fsp3) is 0.500. The van der Waals surface area contributed by atoms with Gasteiger partial charge in [0.15, 0.2) is 0 Å². The highest BCUT2D eigenvalue weighted by atomic mass is 14.9. The maximum absolute atomic E-state index is 4.52. The minimum absolute atomic E-state index is 0.964. The lowest BCUT2D eigenvalue weighted by Crippen LogP contribution is -2.07. The van der Waals surface area contributed by atoms with Crippen molar-refractivity contribution in [3.63, 3.8) is 0 Å². The zero-order valence-corrected chi connectivity index (χ0v) is 10.7. The van der Waals surface area contributed by atoms with Crippen LogP contribution in [0.1, 0.15) is 31.2 Å². The third-order valence-corrected chi connectivity index (χ3v) is 3.07. The van der Waals surface area contributed by atoms with Crippen molar-refractivity contribution in [2.45, 2.75) is 32.6 Å². The minimum Gasteiger partial charge on any atom is -0.342 e. The van der Waals surface area contributed by atoms with Crippen LogP contribution >= 0.6 is 0 Å². The molecule has 92 valence electrons. The fourth-order valence-electron chi connectivity index (χ4n) is 2.06. The van der Waals surface area contributed by atoms with Crippen molar-refractivity contribution in [2.24, 2.45) is 0 Å². The van der Waals surface area contributed by atoms with Gasteiger partial charge in [-0.25, -0.2) is 4.98 Å². The highest BCUT2D eigenvalue weighted by Crippen LogP contribution is 2.15. The van der Waals surface area contributed by atoms with Gasteiger partial charge in [-0.3, -0.25) is 0 Å². The normalized spacial score (nSPS) is 11.2. The molecule has 0 fully saturated rings. The van der Waals surface area contributed by atoms with E-state index in [2.05, 4.69) is 40.4 Å². The number of benzene rings is 1. The predicted octanol–water partition coefficient (Wildman–Crippen LogP) is 2.67. The number of aromatic nitrogens is 2. The monoisotopic (exact) mass is 231 g/mol. The first-order valence-corrected chi connectivity index (χ1v) is 6.45. The number of aryl methyl sites for hydroxylation is 2. The summed E-state index contributed by atoms with van der Waals surface area (Å²) in [6, 6.07) is 6.56. The molecule has 1 aromatic heterocycles. The molecule has 0 saturated carbocycles. The molecule has 0 bridgehead atoms. The second-order valence-electron chi connectivity index (χ2n) is 4.45. The van der Waals surface area contributed by atoms with E-state index in [1.165, 1.54) is 23.9 Å². The standard InChI is InChI=1S/C14H21N3/c1-3-14-16-12-8-7-11(10-13(12)17-14)6-4-5-9-15-2/h7-8,10,15H,3-6,9H2,1-2H3,(H,16,17). The topological polar surface area (TPSA) is 40.7 Å². The molecule has 17 heavy (non-hydrogen) atoms. The van der Waals surface area contributed by atoms with E-state index in [1.54, 1.807) is 0 Å². The average Bonchev–Trinajstić information content (AvgIpc) is 2.77. The van der Waals surface area contributed by atoms with Crippen LogP contribution in [0, 0.1) is 0 Å². The molecule has 2 aromatic rings. The van der Waals surface area contributed by atoms with Crippen LogP contribution in [0.4, 0.5) is 0 Å². The van der Waals surface area contributed by atoms with Gasteiger partial charge < -0.3 is 10.3 Å². The SMILES string of the molecule is CCc1nc2ccc(CCCCNC)cc2[nH]1. The number of rotatable bonds is 6. The summed E-state index contributed by atoms with van der Waals surface area (Å²) >= 11 is 0. The van der Waals surface area contributed by atoms with Gasteiger partial charge in [-0.1, -0.05) is 13.0 Å². The summed E-state index contributed by atoms with van der Waals surface area (Å²) in [5, 5.41) is 3.18. The Morgan fingerprint density at radius 1 is 1.29 bits per heavy atom. The Morgan fingerprint density at radius 3 is 2.94 bits per heavy atom. The van der Waals surface area contributed by atoms with Crippen LogP contribution in [-0.4, -0.2) is 23.6 Å². The van der Waals surface area contributed by atoms with Crippen molar-refractivity contribution in [2.75, 3.05) is 13.6 Å². The molecule has 2 N–H and O–H groups in total. The maximum atomic E-state index is 4.52. The molecule has 0 amide bonds. The molecule has 0 radical (unpaired) electrons. The van der Waals surface area contributed by atoms with Gasteiger partial charge in [-0.15, -0.1) is 0 Å². The van der Waals surface area contributed by atoms with E-state index >= 15 is 0 Å². The van der Waals surface area contributed by atoms with Crippen molar-refractivity contribution >= 4 is 11.0 Å². The second kappa shape index (κ2) is 5.82. The Kier molecular flexibility index (Phi) is 4.15. The van der Waals surface area contributed by atoms with Gasteiger partial charge in [0.2, 0.25) is 0 Å². The lowest BCUT2D eigenvalue weighted by atomic mass is 10.1. The number of nitrogens with one attached hydrogen (secondary N) is 2. The molecule has 3 nitrogen and oxygen atoms in total. The Bertz CT molecular complexity index is 473. The molecule has 0 atom stereocenters. The summed E-state index contributed by atoms with van der Waals surface area (Å²) in [5.74, 6) is 1.08. The zero-order valence-electron chi connectivity index (χ0n) is 10.7. The van der Waals surface area contributed by atoms with Crippen LogP contribution in [0.3, 0.4) is 0 Å². The van der Waals surface area contributed by atoms with Crippen molar-refractivity contribution in [1.29, 1.82) is 0 Å². The van der Waals surface area contributed by atoms with Crippen molar-refractivity contribution in [1.82, 2.24) is 15.3 Å². The smallest absolute Gasteiger partial charge is 0.106 e. The van der Waals surface area contributed by atoms with Crippen LogP contribution < -0.4 is 5.32 Å². The summed E-state index contributed by atoms with van der Waals surface area (Å²) < 4.78 is 0. The summed E-state index contributed by atoms with van der Waals surface area (Å²) in [6.07, 6.45) is 4.59. The summed E-state index contributed by atoms with van der Waals surface area (Å²) in [5.41, 5.74) is 3.66. The maximum Gasteiger partial charge on any atom is 0.106 e. The van der Waals surface area contributed by atoms with E-state index in [9.17, 15) is 0 Å². The molecule has 0 aliphatic rings. The number of aromatic amines is 1. The van der Waals surface area contributed by atoms with Crippen molar-refractivity contribution < 1.29 is 0 Å². The first-order valence-electron chi connectivity index (χ1n) is 6.45. The number of fused-ring (bicyclic) bond motifs is 1. The molecule has 0 aliphatic carbocycles. The lowest BCUT2D eigenvalue weighted by Gasteiger charge is -2.01. The summed E-state index contributed by atoms with van der Waals surface area (Å²) in [6.45, 7) is 3.22. The Morgan fingerprint density at radius 2 is 2.18 bits per heavy atom. The molecule has 3 heteroatoms. The number of hydrogen-bond donors (Lipinski definition) is 2. The highest BCUT2D eigenvalue weighted by molar-refractivity contribution is 5.75. The van der Waals surface area contributed by atoms with E-state index in [0.29, 0.717) is 0 Å². The van der Waals surface area contributed by atoms with E-state index in [4.69, 9.17) is 0 Å². The average molecular weight is 231 g/mol. The third-order valence-electron chi connectivity index (χ3n) is 3.07. The molecule has 0 saturated heterocycles. The quantitative estimate of drug-likeness (QED) is 0.750. The Hall–Kier alpha value is -1.35. The van der Waals surface area contributed by atoms with E-state index in [0.717, 1.165) is 30.7 Å². The number of hydrogen-bond acceptors (Lipinski definition) is 2. The molecule has 0 spiro atoms. The second-order valence-corrected chi connectivity index (χ2v) is 4.45. The van der Waals surface area contributed by atoms with Crippen molar-refractivity contribution in [3.8, 4) is 0 Å². The van der Waals surface area contributed by atoms with Gasteiger partial charge in [0.1, 0.15) is 5.82 Å². The minimum atomic E-state index is 0.964. The lowest BCUT2D eigenvalue weighted by molar-refractivity contribution is 0.677. The number of imidazole rings is 1. The predicted molar refractivity (Wildman–Crippen MR) is 72.3 cm³/mol. The zero-order chi connectivity index (χ0) is 12.1. The summed E-state index contributed by atoms with van der Waals surface area (Å²) in [4.78, 5) is 7.88. The van der Waals surface area contributed by atoms with E-state index < -0.39 is 0 Å².